The van der Waals surface area contributed by atoms with Crippen LogP contribution in [0.5, 0.6) is 0 Å². The van der Waals surface area contributed by atoms with Crippen LogP contribution in [0.15, 0.2) is 84.9 Å². The van der Waals surface area contributed by atoms with Crippen LogP contribution < -0.4 is 15.1 Å². The van der Waals surface area contributed by atoms with Gasteiger partial charge in [-0.05, 0) is 48.2 Å². The summed E-state index contributed by atoms with van der Waals surface area (Å²) in [5, 5.41) is 2.72. The lowest BCUT2D eigenvalue weighted by Gasteiger charge is -2.28. The summed E-state index contributed by atoms with van der Waals surface area (Å²) in [5.41, 5.74) is 2.25. The predicted molar refractivity (Wildman–Crippen MR) is 134 cm³/mol. The van der Waals surface area contributed by atoms with Crippen LogP contribution in [0.25, 0.3) is 0 Å². The molecule has 6 heteroatoms. The van der Waals surface area contributed by atoms with Gasteiger partial charge < -0.3 is 10.2 Å². The normalized spacial score (nSPS) is 16.1. The minimum absolute atomic E-state index is 0.0204. The lowest BCUT2D eigenvalue weighted by Crippen LogP contribution is -2.55. The van der Waals surface area contributed by atoms with Crippen molar-refractivity contribution in [2.24, 2.45) is 5.41 Å². The highest BCUT2D eigenvalue weighted by molar-refractivity contribution is 6.24. The first-order valence-electron chi connectivity index (χ1n) is 11.4. The maximum atomic E-state index is 13.9. The summed E-state index contributed by atoms with van der Waals surface area (Å²) >= 11 is 0. The van der Waals surface area contributed by atoms with E-state index in [0.717, 1.165) is 6.42 Å². The number of rotatable bonds is 5. The van der Waals surface area contributed by atoms with Gasteiger partial charge in [-0.3, -0.25) is 19.3 Å². The molecule has 0 aromatic heterocycles. The smallest absolute Gasteiger partial charge is 0.264 e. The van der Waals surface area contributed by atoms with Crippen molar-refractivity contribution >= 4 is 34.8 Å². The molecular weight excluding hydrogens is 426 g/mol. The Kier molecular flexibility index (Phi) is 6.50. The van der Waals surface area contributed by atoms with Gasteiger partial charge >= 0.3 is 0 Å². The average Bonchev–Trinajstić information content (AvgIpc) is 2.91. The van der Waals surface area contributed by atoms with Crippen LogP contribution in [-0.4, -0.2) is 30.3 Å². The Labute approximate surface area is 200 Å². The first-order valence-corrected chi connectivity index (χ1v) is 11.4. The number of hydrogen-bond donors (Lipinski definition) is 1. The molecule has 1 unspecified atom stereocenters. The van der Waals surface area contributed by atoms with Crippen molar-refractivity contribution in [3.05, 3.63) is 90.5 Å². The van der Waals surface area contributed by atoms with E-state index in [0.29, 0.717) is 29.2 Å². The second-order valence-corrected chi connectivity index (χ2v) is 9.57. The summed E-state index contributed by atoms with van der Waals surface area (Å²) < 4.78 is 0. The highest BCUT2D eigenvalue weighted by Gasteiger charge is 2.42. The standard InChI is InChI=1S/C28H29N3O3/c1-28(2,3)18-19-30-22-16-10-11-17-23(22)31(21-14-8-5-9-15-21)27(34)24(26(30)33)29-25(32)20-12-6-4-7-13-20/h4-17,24H,18-19H2,1-3H3,(H,29,32). The summed E-state index contributed by atoms with van der Waals surface area (Å²) in [6, 6.07) is 23.8. The van der Waals surface area contributed by atoms with Gasteiger partial charge in [0.15, 0.2) is 6.04 Å². The number of carbonyl (C=O) groups is 3. The molecule has 34 heavy (non-hydrogen) atoms. The van der Waals surface area contributed by atoms with E-state index in [4.69, 9.17) is 0 Å². The topological polar surface area (TPSA) is 69.7 Å². The number of anilines is 3. The molecule has 0 radical (unpaired) electrons. The van der Waals surface area contributed by atoms with Gasteiger partial charge in [0.25, 0.3) is 17.7 Å². The Bertz CT molecular complexity index is 1190. The fourth-order valence-corrected chi connectivity index (χ4v) is 3.96. The van der Waals surface area contributed by atoms with Gasteiger partial charge in [0, 0.05) is 17.8 Å². The SMILES string of the molecule is CC(C)(C)CCN1C(=O)C(NC(=O)c2ccccc2)C(=O)N(c2ccccc2)c2ccccc21. The monoisotopic (exact) mass is 455 g/mol. The van der Waals surface area contributed by atoms with Crippen LogP contribution in [0.3, 0.4) is 0 Å². The molecule has 0 spiro atoms. The van der Waals surface area contributed by atoms with E-state index in [1.807, 2.05) is 54.6 Å². The predicted octanol–water partition coefficient (Wildman–Crippen LogP) is 4.93. The first-order chi connectivity index (χ1) is 16.3. The number of hydrogen-bond acceptors (Lipinski definition) is 3. The Morgan fingerprint density at radius 1 is 0.794 bits per heavy atom. The van der Waals surface area contributed by atoms with Crippen LogP contribution in [0.1, 0.15) is 37.6 Å². The molecule has 0 aliphatic carbocycles. The van der Waals surface area contributed by atoms with Gasteiger partial charge in [-0.1, -0.05) is 69.3 Å². The number of para-hydroxylation sites is 3. The Morgan fingerprint density at radius 3 is 1.97 bits per heavy atom. The van der Waals surface area contributed by atoms with Crippen molar-refractivity contribution in [1.82, 2.24) is 5.32 Å². The van der Waals surface area contributed by atoms with Gasteiger partial charge in [0.1, 0.15) is 0 Å². The highest BCUT2D eigenvalue weighted by Crippen LogP contribution is 2.38. The maximum absolute atomic E-state index is 13.9. The summed E-state index contributed by atoms with van der Waals surface area (Å²) in [7, 11) is 0. The molecule has 1 aliphatic heterocycles. The molecular formula is C28H29N3O3. The van der Waals surface area contributed by atoms with Crippen molar-refractivity contribution < 1.29 is 14.4 Å². The van der Waals surface area contributed by atoms with E-state index in [2.05, 4.69) is 26.1 Å². The lowest BCUT2D eigenvalue weighted by molar-refractivity contribution is -0.128. The largest absolute Gasteiger partial charge is 0.332 e. The molecule has 6 nitrogen and oxygen atoms in total. The van der Waals surface area contributed by atoms with E-state index in [1.54, 1.807) is 35.2 Å². The molecule has 3 amide bonds. The summed E-state index contributed by atoms with van der Waals surface area (Å²) in [6.45, 7) is 6.75. The fraction of sp³-hybridized carbons (Fsp3) is 0.250. The van der Waals surface area contributed by atoms with E-state index in [1.165, 1.54) is 4.90 Å². The van der Waals surface area contributed by atoms with Crippen LogP contribution >= 0.6 is 0 Å². The second kappa shape index (κ2) is 9.51. The Hall–Kier alpha value is -3.93. The van der Waals surface area contributed by atoms with Crippen LogP contribution in [0.4, 0.5) is 17.1 Å². The number of carbonyl (C=O) groups excluding carboxylic acids is 3. The number of nitrogens with zero attached hydrogens (tertiary/aromatic N) is 2. The van der Waals surface area contributed by atoms with Crippen molar-refractivity contribution in [1.29, 1.82) is 0 Å². The zero-order valence-electron chi connectivity index (χ0n) is 19.7. The Morgan fingerprint density at radius 2 is 1.35 bits per heavy atom. The van der Waals surface area contributed by atoms with E-state index in [9.17, 15) is 14.4 Å². The number of amides is 3. The van der Waals surface area contributed by atoms with Crippen molar-refractivity contribution in [3.8, 4) is 0 Å². The maximum Gasteiger partial charge on any atom is 0.264 e. The number of benzene rings is 3. The van der Waals surface area contributed by atoms with E-state index >= 15 is 0 Å². The minimum Gasteiger partial charge on any atom is -0.332 e. The van der Waals surface area contributed by atoms with Crippen LogP contribution in [0, 0.1) is 5.41 Å². The Balaban J connectivity index is 1.81. The molecule has 1 aliphatic rings. The molecule has 4 rings (SSSR count). The fourth-order valence-electron chi connectivity index (χ4n) is 3.96. The highest BCUT2D eigenvalue weighted by atomic mass is 16.2. The molecule has 1 atom stereocenters. The van der Waals surface area contributed by atoms with Gasteiger partial charge in [-0.2, -0.15) is 0 Å². The van der Waals surface area contributed by atoms with Crippen LogP contribution in [0.2, 0.25) is 0 Å². The summed E-state index contributed by atoms with van der Waals surface area (Å²) in [6.07, 6.45) is 0.728. The molecule has 0 saturated heterocycles. The third-order valence-corrected chi connectivity index (χ3v) is 5.80. The van der Waals surface area contributed by atoms with Gasteiger partial charge in [0.2, 0.25) is 0 Å². The van der Waals surface area contributed by atoms with Crippen LogP contribution in [-0.2, 0) is 9.59 Å². The molecule has 3 aromatic carbocycles. The van der Waals surface area contributed by atoms with Crippen molar-refractivity contribution in [3.63, 3.8) is 0 Å². The third kappa shape index (κ3) is 4.86. The molecule has 0 fully saturated rings. The third-order valence-electron chi connectivity index (χ3n) is 5.80. The number of nitrogens with one attached hydrogen (secondary N) is 1. The second-order valence-electron chi connectivity index (χ2n) is 9.57. The van der Waals surface area contributed by atoms with Gasteiger partial charge in [-0.15, -0.1) is 0 Å². The average molecular weight is 456 g/mol. The van der Waals surface area contributed by atoms with Gasteiger partial charge in [0.05, 0.1) is 11.4 Å². The van der Waals surface area contributed by atoms with E-state index in [-0.39, 0.29) is 5.41 Å². The first kappa shape index (κ1) is 23.2. The minimum atomic E-state index is -1.36. The molecule has 1 N–H and O–H groups in total. The molecule has 0 bridgehead atoms. The van der Waals surface area contributed by atoms with Gasteiger partial charge in [-0.25, -0.2) is 0 Å². The van der Waals surface area contributed by atoms with Crippen molar-refractivity contribution in [2.75, 3.05) is 16.3 Å². The molecule has 174 valence electrons. The lowest BCUT2D eigenvalue weighted by atomic mass is 9.92. The van der Waals surface area contributed by atoms with Crippen molar-refractivity contribution in [2.45, 2.75) is 33.2 Å². The zero-order valence-corrected chi connectivity index (χ0v) is 19.7. The quantitative estimate of drug-likeness (QED) is 0.555. The molecule has 0 saturated carbocycles. The molecule has 3 aromatic rings. The summed E-state index contributed by atoms with van der Waals surface area (Å²) in [4.78, 5) is 43.9. The summed E-state index contributed by atoms with van der Waals surface area (Å²) in [5.74, 6) is -1.40. The zero-order chi connectivity index (χ0) is 24.3. The van der Waals surface area contributed by atoms with E-state index < -0.39 is 23.8 Å². The number of fused-ring (bicyclic) bond motifs is 1. The molecule has 1 heterocycles.